The molecule has 0 aromatic heterocycles. The lowest BCUT2D eigenvalue weighted by Gasteiger charge is -2.28. The number of amides is 6. The van der Waals surface area contributed by atoms with Crippen LogP contribution in [-0.4, -0.2) is 102 Å². The second-order valence-electron chi connectivity index (χ2n) is 12.1. The molecule has 0 fully saturated rings. The lowest BCUT2D eigenvalue weighted by atomic mass is 10.0. The highest BCUT2D eigenvalue weighted by molar-refractivity contribution is 5.98. The number of aliphatic hydroxyl groups is 2. The fourth-order valence-electron chi connectivity index (χ4n) is 4.69. The molecule has 16 heteroatoms. The maximum atomic E-state index is 13.2. The smallest absolute Gasteiger partial charge is 0.251 e. The van der Waals surface area contributed by atoms with Crippen molar-refractivity contribution in [3.05, 3.63) is 65.7 Å². The van der Waals surface area contributed by atoms with Crippen LogP contribution in [0.2, 0.25) is 0 Å². The summed E-state index contributed by atoms with van der Waals surface area (Å²) in [6, 6.07) is 10.5. The average molecular weight is 700 g/mol. The van der Waals surface area contributed by atoms with Gasteiger partial charge in [-0.3, -0.25) is 28.8 Å². The Morgan fingerprint density at radius 3 is 1.86 bits per heavy atom. The van der Waals surface area contributed by atoms with Gasteiger partial charge in [0.2, 0.25) is 29.5 Å². The number of ether oxygens (including phenoxy) is 1. The third-order valence-corrected chi connectivity index (χ3v) is 7.59. The summed E-state index contributed by atoms with van der Waals surface area (Å²) in [7, 11) is 1.57. The highest BCUT2D eigenvalue weighted by atomic mass is 16.5. The van der Waals surface area contributed by atoms with E-state index in [1.54, 1.807) is 51.3 Å². The van der Waals surface area contributed by atoms with Crippen LogP contribution < -0.4 is 42.4 Å². The number of methoxy groups -OCH3 is 1. The average Bonchev–Trinajstić information content (AvgIpc) is 3.08. The molecule has 0 saturated carbocycles. The molecule has 16 nitrogen and oxygen atoms in total. The molecule has 0 radical (unpaired) electrons. The summed E-state index contributed by atoms with van der Waals surface area (Å²) in [4.78, 5) is 76.6. The van der Waals surface area contributed by atoms with Gasteiger partial charge in [-0.15, -0.1) is 0 Å². The number of primary amides is 1. The van der Waals surface area contributed by atoms with Crippen LogP contribution in [0.3, 0.4) is 0 Å². The topological polar surface area (TPSA) is 250 Å². The van der Waals surface area contributed by atoms with E-state index in [2.05, 4.69) is 31.9 Å². The number of hydrogen-bond donors (Lipinski definition) is 9. The van der Waals surface area contributed by atoms with Crippen LogP contribution in [0.15, 0.2) is 54.6 Å². The Bertz CT molecular complexity index is 1440. The molecule has 0 heterocycles. The van der Waals surface area contributed by atoms with Crippen molar-refractivity contribution in [2.24, 2.45) is 11.7 Å². The van der Waals surface area contributed by atoms with Crippen LogP contribution in [0.4, 0.5) is 0 Å². The van der Waals surface area contributed by atoms with Gasteiger partial charge in [-0.05, 0) is 62.6 Å². The zero-order chi connectivity index (χ0) is 37.4. The summed E-state index contributed by atoms with van der Waals surface area (Å²) in [6.45, 7) is 5.95. The summed E-state index contributed by atoms with van der Waals surface area (Å²) in [5, 5.41) is 35.5. The Labute approximate surface area is 291 Å². The van der Waals surface area contributed by atoms with Crippen LogP contribution in [0, 0.1) is 5.92 Å². The zero-order valence-electron chi connectivity index (χ0n) is 28.9. The van der Waals surface area contributed by atoms with Crippen molar-refractivity contribution >= 4 is 35.4 Å². The lowest BCUT2D eigenvalue weighted by Crippen LogP contribution is -2.61. The van der Waals surface area contributed by atoms with Crippen molar-refractivity contribution in [3.8, 4) is 5.75 Å². The number of nitrogens with two attached hydrogens (primary N) is 1. The highest BCUT2D eigenvalue weighted by Crippen LogP contribution is 2.11. The Hall–Kier alpha value is -5.06. The third kappa shape index (κ3) is 13.4. The Morgan fingerprint density at radius 2 is 1.32 bits per heavy atom. The molecular weight excluding hydrogens is 650 g/mol. The largest absolute Gasteiger partial charge is 0.497 e. The van der Waals surface area contributed by atoms with Crippen molar-refractivity contribution in [2.75, 3.05) is 20.2 Å². The van der Waals surface area contributed by atoms with E-state index in [0.29, 0.717) is 18.7 Å². The molecule has 10 N–H and O–H groups in total. The molecule has 6 atom stereocenters. The van der Waals surface area contributed by atoms with Crippen molar-refractivity contribution in [3.63, 3.8) is 0 Å². The number of carbonyl (C=O) groups excluding carboxylic acids is 6. The third-order valence-electron chi connectivity index (χ3n) is 7.59. The quantitative estimate of drug-likeness (QED) is 0.0720. The Balaban J connectivity index is 2.04. The number of carbonyl (C=O) groups is 6. The predicted octanol–water partition coefficient (Wildman–Crippen LogP) is -1.55. The van der Waals surface area contributed by atoms with Crippen LogP contribution in [0.5, 0.6) is 5.75 Å². The van der Waals surface area contributed by atoms with E-state index in [1.165, 1.54) is 13.8 Å². The molecule has 0 saturated heterocycles. The molecule has 274 valence electrons. The molecule has 50 heavy (non-hydrogen) atoms. The second kappa shape index (κ2) is 20.5. The van der Waals surface area contributed by atoms with E-state index in [4.69, 9.17) is 10.5 Å². The number of aliphatic hydroxyl groups excluding tert-OH is 2. The Morgan fingerprint density at radius 1 is 0.740 bits per heavy atom. The van der Waals surface area contributed by atoms with Gasteiger partial charge < -0.3 is 52.6 Å². The van der Waals surface area contributed by atoms with Gasteiger partial charge in [0.15, 0.2) is 0 Å². The van der Waals surface area contributed by atoms with Crippen molar-refractivity contribution < 1.29 is 43.7 Å². The minimum absolute atomic E-state index is 0.172. The van der Waals surface area contributed by atoms with E-state index in [-0.39, 0.29) is 6.42 Å². The normalized spacial score (nSPS) is 14.6. The molecule has 2 aromatic carbocycles. The first kappa shape index (κ1) is 41.1. The van der Waals surface area contributed by atoms with E-state index >= 15 is 0 Å². The van der Waals surface area contributed by atoms with Gasteiger partial charge in [-0.2, -0.15) is 0 Å². The molecule has 6 amide bonds. The van der Waals surface area contributed by atoms with Crippen LogP contribution in [-0.2, 0) is 30.5 Å². The lowest BCUT2D eigenvalue weighted by molar-refractivity contribution is -0.136. The van der Waals surface area contributed by atoms with Crippen LogP contribution in [0.25, 0.3) is 0 Å². The predicted molar refractivity (Wildman–Crippen MR) is 183 cm³/mol. The van der Waals surface area contributed by atoms with Gasteiger partial charge >= 0.3 is 0 Å². The van der Waals surface area contributed by atoms with Gasteiger partial charge in [-0.1, -0.05) is 44.2 Å². The first-order valence-corrected chi connectivity index (χ1v) is 16.2. The van der Waals surface area contributed by atoms with Gasteiger partial charge in [0.1, 0.15) is 29.9 Å². The van der Waals surface area contributed by atoms with Gasteiger partial charge in [-0.25, -0.2) is 0 Å². The number of benzene rings is 2. The maximum absolute atomic E-state index is 13.2. The van der Waals surface area contributed by atoms with Gasteiger partial charge in [0.05, 0.1) is 25.9 Å². The SMILES string of the molecule is COc1ccc(CNCC[C@H](NC(=O)c2ccccc2)C(=O)NCC(=O)N[C@H](C(=O)N[C@H](C(=O)N[C@H](C(N)=O)[C@@H](C)O)C(C)C)[C@@H](C)O)cc1. The minimum Gasteiger partial charge on any atom is -0.497 e. The first-order valence-electron chi connectivity index (χ1n) is 16.2. The standard InChI is InChI=1S/C34H49N7O9/c1-19(2)27(33(48)41-28(20(3)42)30(35)45)40-34(49)29(21(4)43)39-26(44)18-37-32(47)25(38-31(46)23-9-7-6-8-10-23)15-16-36-17-22-11-13-24(50-5)14-12-22/h6-14,19-21,25,27-29,36,42-43H,15-18H2,1-5H3,(H2,35,45)(H,37,47)(H,38,46)(H,39,44)(H,40,49)(H,41,48)/t20-,21-,25+,27+,28+,29+/m1/s1. The van der Waals surface area contributed by atoms with E-state index in [1.807, 2.05) is 24.3 Å². The molecule has 0 unspecified atom stereocenters. The number of nitrogens with one attached hydrogen (secondary N) is 6. The van der Waals surface area contributed by atoms with Gasteiger partial charge in [0, 0.05) is 12.1 Å². The van der Waals surface area contributed by atoms with Crippen molar-refractivity contribution in [2.45, 2.75) is 77.0 Å². The molecule has 2 aromatic rings. The molecule has 2 rings (SSSR count). The summed E-state index contributed by atoms with van der Waals surface area (Å²) in [5.41, 5.74) is 6.56. The maximum Gasteiger partial charge on any atom is 0.251 e. The molecule has 0 aliphatic rings. The molecule has 0 bridgehead atoms. The zero-order valence-corrected chi connectivity index (χ0v) is 28.9. The van der Waals surface area contributed by atoms with E-state index < -0.39 is 84.3 Å². The fraction of sp³-hybridized carbons (Fsp3) is 0.471. The number of hydrogen-bond acceptors (Lipinski definition) is 10. The van der Waals surface area contributed by atoms with Crippen LogP contribution in [0.1, 0.15) is 50.0 Å². The van der Waals surface area contributed by atoms with Crippen molar-refractivity contribution in [1.82, 2.24) is 31.9 Å². The summed E-state index contributed by atoms with van der Waals surface area (Å²) < 4.78 is 5.17. The highest BCUT2D eigenvalue weighted by Gasteiger charge is 2.34. The number of rotatable bonds is 20. The second-order valence-corrected chi connectivity index (χ2v) is 12.1. The summed E-state index contributed by atoms with van der Waals surface area (Å²) in [6.07, 6.45) is -2.55. The van der Waals surface area contributed by atoms with Crippen LogP contribution >= 0.6 is 0 Å². The molecule has 0 aliphatic heterocycles. The van der Waals surface area contributed by atoms with Gasteiger partial charge in [0.25, 0.3) is 5.91 Å². The van der Waals surface area contributed by atoms with E-state index in [0.717, 1.165) is 11.3 Å². The minimum atomic E-state index is -1.53. The summed E-state index contributed by atoms with van der Waals surface area (Å²) >= 11 is 0. The summed E-state index contributed by atoms with van der Waals surface area (Å²) in [5.74, 6) is -4.50. The molecular formula is C34H49N7O9. The Kier molecular flexibility index (Phi) is 16.8. The van der Waals surface area contributed by atoms with Crippen molar-refractivity contribution in [1.29, 1.82) is 0 Å². The molecule has 0 spiro atoms. The molecule has 0 aliphatic carbocycles. The van der Waals surface area contributed by atoms with E-state index in [9.17, 15) is 39.0 Å². The first-order chi connectivity index (χ1) is 23.6. The monoisotopic (exact) mass is 699 g/mol. The fourth-order valence-corrected chi connectivity index (χ4v) is 4.69.